The molecule has 4 rings (SSSR count). The van der Waals surface area contributed by atoms with Gasteiger partial charge in [0.2, 0.25) is 0 Å². The van der Waals surface area contributed by atoms with Gasteiger partial charge < -0.3 is 14.5 Å². The van der Waals surface area contributed by atoms with Gasteiger partial charge in [-0.15, -0.1) is 0 Å². The van der Waals surface area contributed by atoms with E-state index in [0.717, 1.165) is 6.42 Å². The summed E-state index contributed by atoms with van der Waals surface area (Å²) in [6, 6.07) is 11.3. The summed E-state index contributed by atoms with van der Waals surface area (Å²) in [5.74, 6) is 0.878. The second kappa shape index (κ2) is 7.31. The van der Waals surface area contributed by atoms with Crippen molar-refractivity contribution in [3.63, 3.8) is 0 Å². The number of rotatable bonds is 4. The average molecular weight is 405 g/mol. The van der Waals surface area contributed by atoms with Gasteiger partial charge in [0.15, 0.2) is 11.5 Å². The summed E-state index contributed by atoms with van der Waals surface area (Å²) in [5, 5.41) is 3.55. The summed E-state index contributed by atoms with van der Waals surface area (Å²) >= 11 is 0. The molecule has 0 spiro atoms. The summed E-state index contributed by atoms with van der Waals surface area (Å²) < 4.78 is 12.0. The second-order valence-corrected chi connectivity index (χ2v) is 8.60. The summed E-state index contributed by atoms with van der Waals surface area (Å²) in [5.41, 5.74) is 3.08. The lowest BCUT2D eigenvalue weighted by atomic mass is 9.87. The molecule has 1 aliphatic rings. The summed E-state index contributed by atoms with van der Waals surface area (Å²) in [4.78, 5) is 25.9. The summed E-state index contributed by atoms with van der Waals surface area (Å²) in [6.45, 7) is 10.0. The molecular formula is C25H27NO4. The van der Waals surface area contributed by atoms with E-state index in [0.29, 0.717) is 45.9 Å². The first-order valence-corrected chi connectivity index (χ1v) is 10.4. The number of anilines is 1. The zero-order valence-electron chi connectivity index (χ0n) is 18.1. The molecule has 5 heteroatoms. The Bertz CT molecular complexity index is 1140. The standard InChI is InChI=1S/C25H27NO4/c1-6-25(5)13-18(27)22-20(30-25)12-11-19-21(22)15(4)23(29-19)24(28)26-17-9-7-16(8-10-17)14(2)3/h7-12,14H,6,13H2,1-5H3,(H,26,28)/t25-/m1/s1. The van der Waals surface area contributed by atoms with Gasteiger partial charge in [-0.3, -0.25) is 9.59 Å². The van der Waals surface area contributed by atoms with Gasteiger partial charge in [-0.1, -0.05) is 32.9 Å². The van der Waals surface area contributed by atoms with Gasteiger partial charge in [-0.25, -0.2) is 0 Å². The number of Topliss-reactive ketones (excluding diaryl/α,β-unsaturated/α-hetero) is 1. The number of benzene rings is 2. The first-order chi connectivity index (χ1) is 14.2. The van der Waals surface area contributed by atoms with E-state index < -0.39 is 5.60 Å². The molecule has 1 amide bonds. The third-order valence-electron chi connectivity index (χ3n) is 6.02. The maximum absolute atomic E-state index is 13.0. The predicted molar refractivity (Wildman–Crippen MR) is 118 cm³/mol. The van der Waals surface area contributed by atoms with Crippen LogP contribution in [0.4, 0.5) is 5.69 Å². The number of ether oxygens (including phenoxy) is 1. The van der Waals surface area contributed by atoms with E-state index >= 15 is 0 Å². The lowest BCUT2D eigenvalue weighted by molar-refractivity contribution is 0.0503. The van der Waals surface area contributed by atoms with Crippen molar-refractivity contribution in [3.8, 4) is 5.75 Å². The Morgan fingerprint density at radius 1 is 1.17 bits per heavy atom. The van der Waals surface area contributed by atoms with Gasteiger partial charge in [0.1, 0.15) is 16.9 Å². The summed E-state index contributed by atoms with van der Waals surface area (Å²) in [7, 11) is 0. The van der Waals surface area contributed by atoms with Gasteiger partial charge in [-0.2, -0.15) is 0 Å². The molecule has 0 saturated carbocycles. The molecule has 5 nitrogen and oxygen atoms in total. The Kier molecular flexibility index (Phi) is 4.92. The van der Waals surface area contributed by atoms with Gasteiger partial charge in [0, 0.05) is 16.6 Å². The van der Waals surface area contributed by atoms with E-state index in [2.05, 4.69) is 19.2 Å². The number of carbonyl (C=O) groups excluding carboxylic acids is 2. The van der Waals surface area contributed by atoms with Crippen molar-refractivity contribution >= 4 is 28.3 Å². The molecule has 1 aromatic heterocycles. The molecule has 1 aliphatic heterocycles. The first-order valence-electron chi connectivity index (χ1n) is 10.4. The minimum absolute atomic E-state index is 0.0198. The van der Waals surface area contributed by atoms with Crippen LogP contribution in [0, 0.1) is 6.92 Å². The van der Waals surface area contributed by atoms with Crippen molar-refractivity contribution in [2.75, 3.05) is 5.32 Å². The van der Waals surface area contributed by atoms with Crippen LogP contribution in [0.1, 0.15) is 78.5 Å². The number of ketones is 1. The number of aryl methyl sites for hydroxylation is 1. The van der Waals surface area contributed by atoms with Crippen LogP contribution in [-0.2, 0) is 0 Å². The lowest BCUT2D eigenvalue weighted by Gasteiger charge is -2.34. The Morgan fingerprint density at radius 3 is 2.50 bits per heavy atom. The molecule has 1 atom stereocenters. The number of fused-ring (bicyclic) bond motifs is 3. The number of hydrogen-bond donors (Lipinski definition) is 1. The highest BCUT2D eigenvalue weighted by Gasteiger charge is 2.37. The van der Waals surface area contributed by atoms with Crippen LogP contribution in [0.15, 0.2) is 40.8 Å². The van der Waals surface area contributed by atoms with Crippen molar-refractivity contribution in [2.45, 2.75) is 59.0 Å². The molecule has 30 heavy (non-hydrogen) atoms. The van der Waals surface area contributed by atoms with Crippen LogP contribution in [0.2, 0.25) is 0 Å². The number of amides is 1. The van der Waals surface area contributed by atoms with E-state index in [1.165, 1.54) is 5.56 Å². The van der Waals surface area contributed by atoms with Crippen molar-refractivity contribution in [1.29, 1.82) is 0 Å². The molecule has 0 aliphatic carbocycles. The minimum Gasteiger partial charge on any atom is -0.486 e. The topological polar surface area (TPSA) is 68.5 Å². The third kappa shape index (κ3) is 3.38. The summed E-state index contributed by atoms with van der Waals surface area (Å²) in [6.07, 6.45) is 1.05. The largest absolute Gasteiger partial charge is 0.486 e. The molecule has 3 aromatic rings. The molecule has 2 aromatic carbocycles. The fraction of sp³-hybridized carbons (Fsp3) is 0.360. The van der Waals surface area contributed by atoms with Crippen molar-refractivity contribution < 1.29 is 18.7 Å². The molecule has 156 valence electrons. The molecule has 0 bridgehead atoms. The van der Waals surface area contributed by atoms with Gasteiger partial charge in [0.25, 0.3) is 5.91 Å². The molecular weight excluding hydrogens is 378 g/mol. The van der Waals surface area contributed by atoms with Crippen LogP contribution in [0.25, 0.3) is 11.0 Å². The number of furan rings is 1. The molecule has 0 radical (unpaired) electrons. The van der Waals surface area contributed by atoms with Crippen LogP contribution in [0.3, 0.4) is 0 Å². The number of carbonyl (C=O) groups is 2. The van der Waals surface area contributed by atoms with Crippen LogP contribution >= 0.6 is 0 Å². The molecule has 0 unspecified atom stereocenters. The Morgan fingerprint density at radius 2 is 1.87 bits per heavy atom. The molecule has 0 saturated heterocycles. The number of hydrogen-bond acceptors (Lipinski definition) is 4. The van der Waals surface area contributed by atoms with E-state index in [1.807, 2.05) is 45.0 Å². The van der Waals surface area contributed by atoms with Gasteiger partial charge in [-0.05, 0) is 56.0 Å². The zero-order valence-corrected chi connectivity index (χ0v) is 18.1. The Hall–Kier alpha value is -3.08. The Labute approximate surface area is 176 Å². The van der Waals surface area contributed by atoms with E-state index in [-0.39, 0.29) is 17.5 Å². The van der Waals surface area contributed by atoms with E-state index in [9.17, 15) is 9.59 Å². The molecule has 2 heterocycles. The van der Waals surface area contributed by atoms with Crippen molar-refractivity contribution in [1.82, 2.24) is 0 Å². The van der Waals surface area contributed by atoms with Gasteiger partial charge >= 0.3 is 0 Å². The quantitative estimate of drug-likeness (QED) is 0.557. The smallest absolute Gasteiger partial charge is 0.291 e. The van der Waals surface area contributed by atoms with Gasteiger partial charge in [0.05, 0.1) is 12.0 Å². The fourth-order valence-electron chi connectivity index (χ4n) is 3.97. The van der Waals surface area contributed by atoms with Crippen LogP contribution in [-0.4, -0.2) is 17.3 Å². The molecule has 0 fully saturated rings. The van der Waals surface area contributed by atoms with Crippen molar-refractivity contribution in [2.24, 2.45) is 0 Å². The zero-order chi connectivity index (χ0) is 21.6. The normalized spacial score (nSPS) is 18.4. The minimum atomic E-state index is -0.502. The fourth-order valence-corrected chi connectivity index (χ4v) is 3.97. The van der Waals surface area contributed by atoms with Crippen molar-refractivity contribution in [3.05, 3.63) is 58.8 Å². The second-order valence-electron chi connectivity index (χ2n) is 8.60. The van der Waals surface area contributed by atoms with E-state index in [1.54, 1.807) is 12.1 Å². The monoisotopic (exact) mass is 405 g/mol. The average Bonchev–Trinajstić information content (AvgIpc) is 3.05. The highest BCUT2D eigenvalue weighted by molar-refractivity contribution is 6.14. The number of nitrogens with one attached hydrogen (secondary N) is 1. The maximum atomic E-state index is 13.0. The Balaban J connectivity index is 1.69. The predicted octanol–water partition coefficient (Wildman–Crippen LogP) is 6.25. The third-order valence-corrected chi connectivity index (χ3v) is 6.02. The SMILES string of the molecule is CC[C@]1(C)CC(=O)c2c(ccc3oc(C(=O)Nc4ccc(C(C)C)cc4)c(C)c23)O1. The van der Waals surface area contributed by atoms with E-state index in [4.69, 9.17) is 9.15 Å². The first kappa shape index (κ1) is 20.2. The van der Waals surface area contributed by atoms with Crippen LogP contribution < -0.4 is 10.1 Å². The highest BCUT2D eigenvalue weighted by atomic mass is 16.5. The maximum Gasteiger partial charge on any atom is 0.291 e. The van der Waals surface area contributed by atoms with Crippen LogP contribution in [0.5, 0.6) is 5.75 Å². The highest BCUT2D eigenvalue weighted by Crippen LogP contribution is 2.41. The lowest BCUT2D eigenvalue weighted by Crippen LogP contribution is -2.38. The molecule has 1 N–H and O–H groups in total.